The van der Waals surface area contributed by atoms with Gasteiger partial charge in [-0.2, -0.15) is 5.26 Å². The zero-order valence-electron chi connectivity index (χ0n) is 14.2. The van der Waals surface area contributed by atoms with Gasteiger partial charge in [-0.3, -0.25) is 4.98 Å². The molecule has 1 aliphatic rings. The molecule has 1 fully saturated rings. The maximum atomic E-state index is 11.1. The number of pyridine rings is 1. The molecule has 0 spiro atoms. The zero-order chi connectivity index (χ0) is 18.1. The van der Waals surface area contributed by atoms with Gasteiger partial charge in [0, 0.05) is 35.3 Å². The minimum Gasteiger partial charge on any atom is -0.385 e. The van der Waals surface area contributed by atoms with Gasteiger partial charge < -0.3 is 10.0 Å². The highest BCUT2D eigenvalue weighted by Gasteiger charge is 2.36. The second-order valence-corrected chi connectivity index (χ2v) is 7.06. The van der Waals surface area contributed by atoms with Crippen molar-refractivity contribution in [3.05, 3.63) is 70.9 Å². The second-order valence-electron chi connectivity index (χ2n) is 6.65. The van der Waals surface area contributed by atoms with E-state index in [9.17, 15) is 10.4 Å². The normalized spacial score (nSPS) is 16.4. The van der Waals surface area contributed by atoms with E-state index in [0.717, 1.165) is 22.2 Å². The smallest absolute Gasteiger partial charge is 0.103 e. The number of rotatable bonds is 2. The summed E-state index contributed by atoms with van der Waals surface area (Å²) in [7, 11) is 0. The van der Waals surface area contributed by atoms with Crippen molar-refractivity contribution in [2.75, 3.05) is 18.0 Å². The standard InChI is InChI=1S/C21H18ClN3O/c22-18-7-3-2-6-17(18)21(26)9-11-25(12-10-21)20-15(13-23)14-24-19-8-4-1-5-16(19)20/h1-8,14,26H,9-12H2. The van der Waals surface area contributed by atoms with Crippen molar-refractivity contribution in [2.24, 2.45) is 0 Å². The number of aromatic nitrogens is 1. The van der Waals surface area contributed by atoms with Gasteiger partial charge in [-0.1, -0.05) is 48.0 Å². The predicted octanol–water partition coefficient (Wildman–Crippen LogP) is 4.25. The molecular weight excluding hydrogens is 346 g/mol. The van der Waals surface area contributed by atoms with E-state index in [4.69, 9.17) is 11.6 Å². The Bertz CT molecular complexity index is 1000. The van der Waals surface area contributed by atoms with Crippen molar-refractivity contribution in [1.29, 1.82) is 5.26 Å². The molecule has 2 heterocycles. The van der Waals surface area contributed by atoms with Gasteiger partial charge in [-0.05, 0) is 25.0 Å². The van der Waals surface area contributed by atoms with Gasteiger partial charge in [0.1, 0.15) is 6.07 Å². The number of fused-ring (bicyclic) bond motifs is 1. The number of nitriles is 1. The maximum absolute atomic E-state index is 11.1. The van der Waals surface area contributed by atoms with Crippen molar-refractivity contribution in [2.45, 2.75) is 18.4 Å². The van der Waals surface area contributed by atoms with Gasteiger partial charge in [0.15, 0.2) is 0 Å². The molecule has 1 aliphatic heterocycles. The van der Waals surface area contributed by atoms with E-state index in [-0.39, 0.29) is 0 Å². The Hall–Kier alpha value is -2.61. The van der Waals surface area contributed by atoms with Gasteiger partial charge in [0.25, 0.3) is 0 Å². The molecule has 3 aromatic rings. The van der Waals surface area contributed by atoms with E-state index in [1.165, 1.54) is 0 Å². The fraction of sp³-hybridized carbons (Fsp3) is 0.238. The summed E-state index contributed by atoms with van der Waals surface area (Å²) in [5, 5.41) is 22.2. The molecule has 130 valence electrons. The van der Waals surface area contributed by atoms with Crippen LogP contribution in [0.5, 0.6) is 0 Å². The van der Waals surface area contributed by atoms with E-state index in [2.05, 4.69) is 16.0 Å². The molecule has 26 heavy (non-hydrogen) atoms. The summed E-state index contributed by atoms with van der Waals surface area (Å²) in [6.45, 7) is 1.29. The number of nitrogens with zero attached hydrogens (tertiary/aromatic N) is 3. The third kappa shape index (κ3) is 2.80. The summed E-state index contributed by atoms with van der Waals surface area (Å²) in [5.74, 6) is 0. The molecular formula is C21H18ClN3O. The van der Waals surface area contributed by atoms with Crippen LogP contribution in [0.3, 0.4) is 0 Å². The van der Waals surface area contributed by atoms with E-state index in [1.807, 2.05) is 48.5 Å². The molecule has 0 radical (unpaired) electrons. The highest BCUT2D eigenvalue weighted by Crippen LogP contribution is 2.39. The van der Waals surface area contributed by atoms with E-state index in [1.54, 1.807) is 6.20 Å². The van der Waals surface area contributed by atoms with Crippen LogP contribution in [-0.4, -0.2) is 23.2 Å². The number of anilines is 1. The molecule has 0 atom stereocenters. The third-order valence-electron chi connectivity index (χ3n) is 5.15. The molecule has 4 rings (SSSR count). The Labute approximate surface area is 157 Å². The quantitative estimate of drug-likeness (QED) is 0.739. The lowest BCUT2D eigenvalue weighted by atomic mass is 9.84. The number of aliphatic hydroxyl groups is 1. The molecule has 0 unspecified atom stereocenters. The summed E-state index contributed by atoms with van der Waals surface area (Å²) >= 11 is 6.30. The molecule has 0 amide bonds. The number of para-hydroxylation sites is 1. The van der Waals surface area contributed by atoms with Crippen molar-refractivity contribution < 1.29 is 5.11 Å². The number of piperidine rings is 1. The first-order chi connectivity index (χ1) is 12.6. The summed E-state index contributed by atoms with van der Waals surface area (Å²) in [6.07, 6.45) is 2.74. The van der Waals surface area contributed by atoms with Crippen LogP contribution in [0.15, 0.2) is 54.7 Å². The average Bonchev–Trinajstić information content (AvgIpc) is 2.68. The Balaban J connectivity index is 1.68. The first kappa shape index (κ1) is 16.8. The monoisotopic (exact) mass is 363 g/mol. The largest absolute Gasteiger partial charge is 0.385 e. The lowest BCUT2D eigenvalue weighted by Gasteiger charge is -2.40. The van der Waals surface area contributed by atoms with Crippen LogP contribution in [0, 0.1) is 11.3 Å². The first-order valence-corrected chi connectivity index (χ1v) is 9.00. The van der Waals surface area contributed by atoms with E-state index < -0.39 is 5.60 Å². The molecule has 0 aliphatic carbocycles. The lowest BCUT2D eigenvalue weighted by molar-refractivity contribution is 0.0119. The van der Waals surface area contributed by atoms with Gasteiger partial charge in [0.05, 0.1) is 22.4 Å². The predicted molar refractivity (Wildman–Crippen MR) is 103 cm³/mol. The molecule has 1 saturated heterocycles. The Kier molecular flexibility index (Phi) is 4.28. The maximum Gasteiger partial charge on any atom is 0.103 e. The fourth-order valence-corrected chi connectivity index (χ4v) is 4.07. The molecule has 0 saturated carbocycles. The Morgan fingerprint density at radius 2 is 1.77 bits per heavy atom. The highest BCUT2D eigenvalue weighted by molar-refractivity contribution is 6.31. The number of halogens is 1. The van der Waals surface area contributed by atoms with Crippen LogP contribution in [0.2, 0.25) is 5.02 Å². The van der Waals surface area contributed by atoms with E-state index >= 15 is 0 Å². The minimum absolute atomic E-state index is 0.554. The summed E-state index contributed by atoms with van der Waals surface area (Å²) < 4.78 is 0. The van der Waals surface area contributed by atoms with Crippen molar-refractivity contribution >= 4 is 28.2 Å². The van der Waals surface area contributed by atoms with Crippen molar-refractivity contribution in [3.63, 3.8) is 0 Å². The summed E-state index contributed by atoms with van der Waals surface area (Å²) in [4.78, 5) is 6.55. The Morgan fingerprint density at radius 3 is 2.50 bits per heavy atom. The zero-order valence-corrected chi connectivity index (χ0v) is 14.9. The van der Waals surface area contributed by atoms with Crippen LogP contribution < -0.4 is 4.90 Å². The average molecular weight is 364 g/mol. The van der Waals surface area contributed by atoms with Gasteiger partial charge in [-0.15, -0.1) is 0 Å². The van der Waals surface area contributed by atoms with E-state index in [0.29, 0.717) is 36.5 Å². The molecule has 1 N–H and O–H groups in total. The van der Waals surface area contributed by atoms with Crippen LogP contribution in [-0.2, 0) is 5.60 Å². The second kappa shape index (κ2) is 6.60. The van der Waals surface area contributed by atoms with Gasteiger partial charge in [-0.25, -0.2) is 0 Å². The Morgan fingerprint density at radius 1 is 1.08 bits per heavy atom. The van der Waals surface area contributed by atoms with Crippen LogP contribution in [0.4, 0.5) is 5.69 Å². The molecule has 4 nitrogen and oxygen atoms in total. The number of hydrogen-bond donors (Lipinski definition) is 1. The van der Waals surface area contributed by atoms with Crippen LogP contribution >= 0.6 is 11.6 Å². The van der Waals surface area contributed by atoms with Crippen LogP contribution in [0.1, 0.15) is 24.0 Å². The highest BCUT2D eigenvalue weighted by atomic mass is 35.5. The minimum atomic E-state index is -0.940. The molecule has 0 bridgehead atoms. The SMILES string of the molecule is N#Cc1cnc2ccccc2c1N1CCC(O)(c2ccccc2Cl)CC1. The number of hydrogen-bond acceptors (Lipinski definition) is 4. The third-order valence-corrected chi connectivity index (χ3v) is 5.48. The van der Waals surface area contributed by atoms with Gasteiger partial charge in [0.2, 0.25) is 0 Å². The molecule has 5 heteroatoms. The summed E-state index contributed by atoms with van der Waals surface area (Å²) in [5.41, 5.74) is 2.17. The topological polar surface area (TPSA) is 60.2 Å². The van der Waals surface area contributed by atoms with Crippen molar-refractivity contribution in [1.82, 2.24) is 4.98 Å². The van der Waals surface area contributed by atoms with Crippen molar-refractivity contribution in [3.8, 4) is 6.07 Å². The lowest BCUT2D eigenvalue weighted by Crippen LogP contribution is -2.43. The molecule has 2 aromatic carbocycles. The van der Waals surface area contributed by atoms with Crippen LogP contribution in [0.25, 0.3) is 10.9 Å². The fourth-order valence-electron chi connectivity index (χ4n) is 3.76. The summed E-state index contributed by atoms with van der Waals surface area (Å²) in [6, 6.07) is 17.6. The number of benzene rings is 2. The molecule has 1 aromatic heterocycles. The first-order valence-electron chi connectivity index (χ1n) is 8.62. The van der Waals surface area contributed by atoms with Gasteiger partial charge >= 0.3 is 0 Å².